The van der Waals surface area contributed by atoms with Crippen molar-refractivity contribution in [3.8, 4) is 5.75 Å². The van der Waals surface area contributed by atoms with Gasteiger partial charge in [0.05, 0.1) is 20.8 Å². The Morgan fingerprint density at radius 1 is 1.00 bits per heavy atom. The van der Waals surface area contributed by atoms with Gasteiger partial charge in [-0.3, -0.25) is 5.32 Å². The number of carbonyl (C=O) groups is 1. The van der Waals surface area contributed by atoms with Crippen LogP contribution in [0.5, 0.6) is 5.75 Å². The highest BCUT2D eigenvalue weighted by molar-refractivity contribution is 5.84. The predicted molar refractivity (Wildman–Crippen MR) is 124 cm³/mol. The van der Waals surface area contributed by atoms with Crippen LogP contribution >= 0.6 is 0 Å². The van der Waals surface area contributed by atoms with Crippen LogP contribution in [0.4, 0.5) is 16.2 Å². The number of anilines is 2. The molecule has 0 aliphatic carbocycles. The first-order valence-corrected chi connectivity index (χ1v) is 10.5. The number of methoxy groups -OCH3 is 2. The minimum atomic E-state index is -0.478. The van der Waals surface area contributed by atoms with E-state index in [1.54, 1.807) is 7.11 Å². The second kappa shape index (κ2) is 11.1. The SMILES string of the molecule is CCNC(=NCc1ccc(NC(=O)OC)cc1)N1CCN(c2ccc(OC)cc2)CC1. The summed E-state index contributed by atoms with van der Waals surface area (Å²) in [4.78, 5) is 20.8. The van der Waals surface area contributed by atoms with Gasteiger partial charge in [0.1, 0.15) is 5.75 Å². The van der Waals surface area contributed by atoms with Gasteiger partial charge in [-0.2, -0.15) is 0 Å². The molecule has 0 unspecified atom stereocenters. The molecule has 2 aromatic carbocycles. The van der Waals surface area contributed by atoms with E-state index in [2.05, 4.69) is 44.2 Å². The summed E-state index contributed by atoms with van der Waals surface area (Å²) < 4.78 is 9.86. The van der Waals surface area contributed by atoms with Crippen LogP contribution in [-0.4, -0.2) is 63.9 Å². The molecule has 1 amide bonds. The number of piperazine rings is 1. The molecule has 31 heavy (non-hydrogen) atoms. The number of nitrogens with zero attached hydrogens (tertiary/aromatic N) is 3. The molecule has 0 spiro atoms. The number of aliphatic imine (C=N–C) groups is 1. The van der Waals surface area contributed by atoms with Gasteiger partial charge in [-0.25, -0.2) is 9.79 Å². The Labute approximate surface area is 183 Å². The number of carbonyl (C=O) groups excluding carboxylic acids is 1. The zero-order valence-electron chi connectivity index (χ0n) is 18.4. The summed E-state index contributed by atoms with van der Waals surface area (Å²) >= 11 is 0. The van der Waals surface area contributed by atoms with Gasteiger partial charge in [0, 0.05) is 44.1 Å². The Kier molecular flexibility index (Phi) is 7.98. The monoisotopic (exact) mass is 425 g/mol. The molecule has 1 fully saturated rings. The fraction of sp³-hybridized carbons (Fsp3) is 0.391. The van der Waals surface area contributed by atoms with E-state index in [9.17, 15) is 4.79 Å². The third kappa shape index (κ3) is 6.28. The Balaban J connectivity index is 1.57. The maximum Gasteiger partial charge on any atom is 0.411 e. The van der Waals surface area contributed by atoms with Gasteiger partial charge in [-0.05, 0) is 48.9 Å². The summed E-state index contributed by atoms with van der Waals surface area (Å²) in [5, 5.41) is 6.06. The third-order valence-electron chi connectivity index (χ3n) is 5.15. The average Bonchev–Trinajstić information content (AvgIpc) is 2.83. The molecule has 1 saturated heterocycles. The van der Waals surface area contributed by atoms with Crippen molar-refractivity contribution in [2.75, 3.05) is 57.2 Å². The van der Waals surface area contributed by atoms with Crippen molar-refractivity contribution < 1.29 is 14.3 Å². The van der Waals surface area contributed by atoms with Crippen molar-refractivity contribution in [1.82, 2.24) is 10.2 Å². The van der Waals surface area contributed by atoms with Crippen LogP contribution in [-0.2, 0) is 11.3 Å². The smallest absolute Gasteiger partial charge is 0.411 e. The zero-order valence-corrected chi connectivity index (χ0v) is 18.4. The van der Waals surface area contributed by atoms with Crippen LogP contribution in [0.1, 0.15) is 12.5 Å². The highest BCUT2D eigenvalue weighted by atomic mass is 16.5. The normalized spacial score (nSPS) is 14.2. The molecule has 1 heterocycles. The van der Waals surface area contributed by atoms with Crippen molar-refractivity contribution in [3.05, 3.63) is 54.1 Å². The molecule has 8 nitrogen and oxygen atoms in total. The molecule has 3 rings (SSSR count). The lowest BCUT2D eigenvalue weighted by Crippen LogP contribution is -2.52. The van der Waals surface area contributed by atoms with Crippen molar-refractivity contribution in [3.63, 3.8) is 0 Å². The predicted octanol–water partition coefficient (Wildman–Crippen LogP) is 3.16. The Morgan fingerprint density at radius 2 is 1.68 bits per heavy atom. The lowest BCUT2D eigenvalue weighted by atomic mass is 10.2. The second-order valence-electron chi connectivity index (χ2n) is 7.16. The lowest BCUT2D eigenvalue weighted by molar-refractivity contribution is 0.187. The Hall–Kier alpha value is -3.42. The molecule has 2 N–H and O–H groups in total. The Bertz CT molecular complexity index is 860. The van der Waals surface area contributed by atoms with Gasteiger partial charge in [0.25, 0.3) is 0 Å². The first-order chi connectivity index (χ1) is 15.1. The third-order valence-corrected chi connectivity index (χ3v) is 5.15. The maximum atomic E-state index is 11.3. The first kappa shape index (κ1) is 22.3. The van der Waals surface area contributed by atoms with E-state index in [4.69, 9.17) is 9.73 Å². The Morgan fingerprint density at radius 3 is 2.26 bits per heavy atom. The molecule has 1 aliphatic heterocycles. The fourth-order valence-electron chi connectivity index (χ4n) is 3.42. The quantitative estimate of drug-likeness (QED) is 0.547. The molecule has 2 aromatic rings. The van der Waals surface area contributed by atoms with Gasteiger partial charge < -0.3 is 24.6 Å². The molecule has 8 heteroatoms. The van der Waals surface area contributed by atoms with E-state index in [0.717, 1.165) is 50.0 Å². The molecule has 0 bridgehead atoms. The van der Waals surface area contributed by atoms with Crippen molar-refractivity contribution in [2.24, 2.45) is 4.99 Å². The maximum absolute atomic E-state index is 11.3. The summed E-state index contributed by atoms with van der Waals surface area (Å²) in [6.07, 6.45) is -0.478. The van der Waals surface area contributed by atoms with Crippen molar-refractivity contribution >= 4 is 23.4 Å². The van der Waals surface area contributed by atoms with E-state index in [1.807, 2.05) is 36.4 Å². The average molecular weight is 426 g/mol. The van der Waals surface area contributed by atoms with E-state index in [0.29, 0.717) is 12.2 Å². The van der Waals surface area contributed by atoms with E-state index >= 15 is 0 Å². The number of guanidine groups is 1. The number of amides is 1. The fourth-order valence-corrected chi connectivity index (χ4v) is 3.42. The van der Waals surface area contributed by atoms with Gasteiger partial charge in [0.2, 0.25) is 0 Å². The van der Waals surface area contributed by atoms with Crippen LogP contribution in [0, 0.1) is 0 Å². The summed E-state index contributed by atoms with van der Waals surface area (Å²) in [5.41, 5.74) is 2.98. The molecule has 0 saturated carbocycles. The van der Waals surface area contributed by atoms with E-state index < -0.39 is 6.09 Å². The number of rotatable bonds is 6. The highest BCUT2D eigenvalue weighted by Gasteiger charge is 2.19. The topological polar surface area (TPSA) is 78.4 Å². The van der Waals surface area contributed by atoms with E-state index in [1.165, 1.54) is 12.8 Å². The number of ether oxygens (including phenoxy) is 2. The molecule has 0 aromatic heterocycles. The van der Waals surface area contributed by atoms with Gasteiger partial charge in [-0.15, -0.1) is 0 Å². The summed E-state index contributed by atoms with van der Waals surface area (Å²) in [5.74, 6) is 1.80. The molecular weight excluding hydrogens is 394 g/mol. The largest absolute Gasteiger partial charge is 0.497 e. The number of hydrogen-bond acceptors (Lipinski definition) is 5. The summed E-state index contributed by atoms with van der Waals surface area (Å²) in [7, 11) is 3.03. The number of benzene rings is 2. The van der Waals surface area contributed by atoms with E-state index in [-0.39, 0.29) is 0 Å². The van der Waals surface area contributed by atoms with Gasteiger partial charge in [-0.1, -0.05) is 12.1 Å². The van der Waals surface area contributed by atoms with Crippen LogP contribution in [0.15, 0.2) is 53.5 Å². The summed E-state index contributed by atoms with van der Waals surface area (Å²) in [6, 6.07) is 15.8. The highest BCUT2D eigenvalue weighted by Crippen LogP contribution is 2.20. The molecular formula is C23H31N5O3. The number of hydrogen-bond donors (Lipinski definition) is 2. The molecule has 166 valence electrons. The minimum Gasteiger partial charge on any atom is -0.497 e. The second-order valence-corrected chi connectivity index (χ2v) is 7.16. The molecule has 0 atom stereocenters. The van der Waals surface area contributed by atoms with Gasteiger partial charge >= 0.3 is 6.09 Å². The van der Waals surface area contributed by atoms with Crippen LogP contribution in [0.2, 0.25) is 0 Å². The molecule has 0 radical (unpaired) electrons. The lowest BCUT2D eigenvalue weighted by Gasteiger charge is -2.37. The first-order valence-electron chi connectivity index (χ1n) is 10.5. The zero-order chi connectivity index (χ0) is 22.1. The van der Waals surface area contributed by atoms with Crippen LogP contribution < -0.4 is 20.3 Å². The number of nitrogens with one attached hydrogen (secondary N) is 2. The van der Waals surface area contributed by atoms with Crippen molar-refractivity contribution in [2.45, 2.75) is 13.5 Å². The minimum absolute atomic E-state index is 0.478. The van der Waals surface area contributed by atoms with Crippen molar-refractivity contribution in [1.29, 1.82) is 0 Å². The standard InChI is InChI=1S/C23H31N5O3/c1-4-24-22(25-17-18-5-7-19(8-6-18)26-23(29)31-3)28-15-13-27(14-16-28)20-9-11-21(30-2)12-10-20/h5-12H,4,13-17H2,1-3H3,(H,24,25)(H,26,29). The van der Waals surface area contributed by atoms with Gasteiger partial charge in [0.15, 0.2) is 5.96 Å². The molecule has 1 aliphatic rings. The summed E-state index contributed by atoms with van der Waals surface area (Å²) in [6.45, 7) is 7.14. The van der Waals surface area contributed by atoms with Crippen LogP contribution in [0.25, 0.3) is 0 Å². The van der Waals surface area contributed by atoms with Crippen LogP contribution in [0.3, 0.4) is 0 Å².